The summed E-state index contributed by atoms with van der Waals surface area (Å²) in [5.41, 5.74) is 10.8. The van der Waals surface area contributed by atoms with Crippen LogP contribution in [0.1, 0.15) is 53.9 Å². The fraction of sp³-hybridized carbons (Fsp3) is 0.700. The first kappa shape index (κ1) is 48.1. The van der Waals surface area contributed by atoms with Crippen molar-refractivity contribution in [2.45, 2.75) is 115 Å². The third-order valence-electron chi connectivity index (χ3n) is 8.51. The molecule has 10 unspecified atom stereocenters. The van der Waals surface area contributed by atoms with E-state index in [0.717, 1.165) is 0 Å². The highest BCUT2D eigenvalue weighted by molar-refractivity contribution is 7.85. The molecule has 0 aromatic heterocycles. The van der Waals surface area contributed by atoms with E-state index >= 15 is 0 Å². The molecule has 2 saturated heterocycles. The number of carboxylic acids is 1. The van der Waals surface area contributed by atoms with Crippen molar-refractivity contribution in [2.75, 3.05) is 12.3 Å². The van der Waals surface area contributed by atoms with Gasteiger partial charge in [0.1, 0.15) is 52.6 Å². The molecule has 316 valence electrons. The van der Waals surface area contributed by atoms with Gasteiger partial charge in [-0.05, 0) is 46.1 Å². The number of amides is 4. The van der Waals surface area contributed by atoms with Crippen molar-refractivity contribution < 1.29 is 56.4 Å². The van der Waals surface area contributed by atoms with Gasteiger partial charge in [-0.2, -0.15) is 8.42 Å². The second kappa shape index (κ2) is 21.5. The summed E-state index contributed by atoms with van der Waals surface area (Å²) >= 11 is 10.6. The molecule has 2 fully saturated rings. The van der Waals surface area contributed by atoms with E-state index in [-0.39, 0.29) is 28.6 Å². The predicted molar refractivity (Wildman–Crippen MR) is 205 cm³/mol. The van der Waals surface area contributed by atoms with Crippen LogP contribution in [-0.4, -0.2) is 143 Å². The normalized spacial score (nSPS) is 22.7. The van der Waals surface area contributed by atoms with Gasteiger partial charge in [0.2, 0.25) is 23.6 Å². The molecule has 0 aromatic rings. The van der Waals surface area contributed by atoms with Crippen molar-refractivity contribution in [2.24, 2.45) is 17.4 Å². The highest BCUT2D eigenvalue weighted by Crippen LogP contribution is 2.18. The Kier molecular flexibility index (Phi) is 18.5. The zero-order valence-corrected chi connectivity index (χ0v) is 33.7. The summed E-state index contributed by atoms with van der Waals surface area (Å²) in [6.07, 6.45) is -2.66. The lowest BCUT2D eigenvalue weighted by Gasteiger charge is -2.30. The Labute approximate surface area is 333 Å². The molecular weight excluding hydrogens is 803 g/mol. The quantitative estimate of drug-likeness (QED) is 0.0159. The molecule has 2 heterocycles. The minimum atomic E-state index is -4.61. The number of nitrogens with two attached hydrogens (primary N) is 2. The molecule has 26 heteroatoms. The van der Waals surface area contributed by atoms with Crippen LogP contribution in [0.5, 0.6) is 0 Å². The molecule has 10 atom stereocenters. The van der Waals surface area contributed by atoms with Crippen molar-refractivity contribution in [1.82, 2.24) is 47.9 Å². The Morgan fingerprint density at radius 1 is 0.857 bits per heavy atom. The van der Waals surface area contributed by atoms with E-state index in [9.17, 15) is 46.5 Å². The minimum absolute atomic E-state index is 0.0201. The number of rotatable bonds is 22. The van der Waals surface area contributed by atoms with Crippen LogP contribution in [0.2, 0.25) is 0 Å². The monoisotopic (exact) mass is 853 g/mol. The number of hydrogen-bond acceptors (Lipinski definition) is 17. The van der Waals surface area contributed by atoms with E-state index in [2.05, 4.69) is 47.9 Å². The van der Waals surface area contributed by atoms with Crippen LogP contribution >= 0.6 is 24.4 Å². The van der Waals surface area contributed by atoms with Crippen LogP contribution < -0.4 is 59.3 Å². The SMILES string of the molecule is CCC(NC(=O)C(C)NC(=S)C1NC(C(=O)CCCNC(N)N)NC1=O)C(=O)NC(C(C)CS(=O)(=O)O)C1NC(C(=S)NC(C)C(=O)NC(C)C(=O)O)C(=O)O1. The average molecular weight is 854 g/mol. The summed E-state index contributed by atoms with van der Waals surface area (Å²) in [6, 6.07) is -8.51. The summed E-state index contributed by atoms with van der Waals surface area (Å²) in [6.45, 7) is 7.30. The third kappa shape index (κ3) is 14.8. The molecule has 2 rings (SSSR count). The highest BCUT2D eigenvalue weighted by Gasteiger charge is 2.45. The van der Waals surface area contributed by atoms with Crippen molar-refractivity contribution in [1.29, 1.82) is 0 Å². The number of nitrogens with one attached hydrogen (secondary N) is 9. The maximum atomic E-state index is 13.5. The van der Waals surface area contributed by atoms with E-state index < -0.39 is 118 Å². The van der Waals surface area contributed by atoms with Gasteiger partial charge in [-0.3, -0.25) is 49.3 Å². The Morgan fingerprint density at radius 2 is 1.43 bits per heavy atom. The van der Waals surface area contributed by atoms with E-state index in [1.54, 1.807) is 6.92 Å². The third-order valence-corrected chi connectivity index (χ3v) is 10.2. The number of aliphatic carboxylic acids is 1. The summed E-state index contributed by atoms with van der Waals surface area (Å²) in [5, 5.41) is 32.5. The number of carboxylic acid groups (broad SMARTS) is 1. The van der Waals surface area contributed by atoms with Gasteiger partial charge >= 0.3 is 11.9 Å². The Morgan fingerprint density at radius 3 is 1.96 bits per heavy atom. The molecule has 2 aliphatic rings. The van der Waals surface area contributed by atoms with Gasteiger partial charge in [0.25, 0.3) is 10.1 Å². The maximum Gasteiger partial charge on any atom is 0.332 e. The van der Waals surface area contributed by atoms with E-state index in [1.807, 2.05) is 0 Å². The number of carbonyl (C=O) groups excluding carboxylic acids is 6. The standard InChI is InChI=1S/C30H51N11O12S3/c1-6-15(37-22(44)13(4)35-26(54)18-24(46)41-20(38-18)16(42)8-7-9-33-30(31)32)23(45)39-17(11(2)10-56(50,51)52)25-40-19(29(49)53-25)27(55)36-12(3)21(43)34-14(5)28(47)48/h11-15,17-20,25,30,33,38,40H,6-10,31-32H2,1-5H3,(H,34,43)(H,35,54)(H,36,55)(H,37,44)(H,39,45)(H,41,46)(H,47,48)(H,50,51,52). The van der Waals surface area contributed by atoms with Gasteiger partial charge in [0, 0.05) is 6.42 Å². The zero-order valence-electron chi connectivity index (χ0n) is 31.2. The molecule has 0 bridgehead atoms. The number of carbonyl (C=O) groups is 7. The van der Waals surface area contributed by atoms with Crippen LogP contribution in [0.25, 0.3) is 0 Å². The number of thiocarbonyl (C=S) groups is 2. The molecule has 23 nitrogen and oxygen atoms in total. The van der Waals surface area contributed by atoms with Crippen molar-refractivity contribution >= 4 is 85.9 Å². The zero-order chi connectivity index (χ0) is 42.7. The summed E-state index contributed by atoms with van der Waals surface area (Å²) in [5.74, 6) is -7.44. The van der Waals surface area contributed by atoms with Crippen molar-refractivity contribution in [3.8, 4) is 0 Å². The van der Waals surface area contributed by atoms with Crippen LogP contribution in [0, 0.1) is 5.92 Å². The number of esters is 1. The first-order valence-corrected chi connectivity index (χ1v) is 19.9. The largest absolute Gasteiger partial charge is 0.480 e. The second-order valence-electron chi connectivity index (χ2n) is 13.3. The smallest absolute Gasteiger partial charge is 0.332 e. The van der Waals surface area contributed by atoms with Gasteiger partial charge < -0.3 is 53.2 Å². The lowest BCUT2D eigenvalue weighted by atomic mass is 10.0. The van der Waals surface area contributed by atoms with Crippen LogP contribution in [0.15, 0.2) is 0 Å². The van der Waals surface area contributed by atoms with Gasteiger partial charge in [0.05, 0.1) is 11.8 Å². The summed E-state index contributed by atoms with van der Waals surface area (Å²) in [7, 11) is -4.61. The fourth-order valence-corrected chi connectivity index (χ4v) is 6.93. The van der Waals surface area contributed by atoms with E-state index in [4.69, 9.17) is 45.7 Å². The topological polar surface area (TPSA) is 364 Å². The average Bonchev–Trinajstić information content (AvgIpc) is 3.68. The molecule has 0 aliphatic carbocycles. The highest BCUT2D eigenvalue weighted by atomic mass is 32.2. The molecule has 0 radical (unpaired) electrons. The number of cyclic esters (lactones) is 1. The molecule has 2 aliphatic heterocycles. The van der Waals surface area contributed by atoms with Crippen molar-refractivity contribution in [3.63, 3.8) is 0 Å². The molecule has 0 spiro atoms. The molecule has 56 heavy (non-hydrogen) atoms. The second-order valence-corrected chi connectivity index (χ2v) is 15.7. The molecule has 0 aromatic carbocycles. The van der Waals surface area contributed by atoms with Crippen LogP contribution in [0.3, 0.4) is 0 Å². The first-order chi connectivity index (χ1) is 25.9. The van der Waals surface area contributed by atoms with Gasteiger partial charge in [-0.25, -0.2) is 4.79 Å². The first-order valence-electron chi connectivity index (χ1n) is 17.5. The number of hydrogen-bond donors (Lipinski definition) is 13. The minimum Gasteiger partial charge on any atom is -0.480 e. The molecule has 4 amide bonds. The predicted octanol–water partition coefficient (Wildman–Crippen LogP) is -5.51. The molecular formula is C30H51N11O12S3. The Balaban J connectivity index is 2.07. The van der Waals surface area contributed by atoms with Gasteiger partial charge in [-0.1, -0.05) is 38.3 Å². The van der Waals surface area contributed by atoms with Crippen LogP contribution in [0.4, 0.5) is 0 Å². The molecule has 0 saturated carbocycles. The fourth-order valence-electron chi connectivity index (χ4n) is 5.36. The van der Waals surface area contributed by atoms with Crippen molar-refractivity contribution in [3.05, 3.63) is 0 Å². The number of ketones is 1. The van der Waals surface area contributed by atoms with E-state index in [0.29, 0.717) is 13.0 Å². The molecule has 15 N–H and O–H groups in total. The number of ether oxygens (including phenoxy) is 1. The lowest BCUT2D eigenvalue weighted by Crippen LogP contribution is -2.60. The Hall–Kier alpha value is -4.02. The maximum absolute atomic E-state index is 13.5. The summed E-state index contributed by atoms with van der Waals surface area (Å²) < 4.78 is 38.6. The lowest BCUT2D eigenvalue weighted by molar-refractivity contribution is -0.144. The van der Waals surface area contributed by atoms with E-state index in [1.165, 1.54) is 27.7 Å². The number of Topliss-reactive ketones (excluding diaryl/α,β-unsaturated/α-hetero) is 1. The van der Waals surface area contributed by atoms with Crippen LogP contribution in [-0.2, 0) is 48.4 Å². The Bertz CT molecular complexity index is 1640. The van der Waals surface area contributed by atoms with Gasteiger partial charge in [0.15, 0.2) is 18.1 Å². The van der Waals surface area contributed by atoms with Gasteiger partial charge in [-0.15, -0.1) is 0 Å². The summed E-state index contributed by atoms with van der Waals surface area (Å²) in [4.78, 5) is 87.9.